The number of likely N-dealkylation sites (N-methyl/N-ethyl adjacent to an activating group) is 1. The number of hydrogen-bond acceptors (Lipinski definition) is 7. The molecule has 7 rings (SSSR count). The van der Waals surface area contributed by atoms with Crippen molar-refractivity contribution >= 4 is 23.7 Å². The minimum atomic E-state index is -3.08. The van der Waals surface area contributed by atoms with Crippen molar-refractivity contribution in [2.45, 2.75) is 31.5 Å². The Bertz CT molecular complexity index is 1960. The molecule has 2 amide bonds. The second-order valence-corrected chi connectivity index (χ2v) is 13.2. The largest absolute Gasteiger partial charge is 0.508 e. The monoisotopic (exact) mass is 700 g/mol. The zero-order valence-electron chi connectivity index (χ0n) is 28.4. The first-order valence-electron chi connectivity index (χ1n) is 16.9. The fraction of sp³-hybridized carbons (Fsp3) is 0.342. The molecule has 0 bridgehead atoms. The number of nitrogens with zero attached hydrogens (tertiary/aromatic N) is 6. The number of aromatic nitrogens is 1. The van der Waals surface area contributed by atoms with Crippen LogP contribution >= 0.6 is 0 Å². The third-order valence-electron chi connectivity index (χ3n) is 9.96. The highest BCUT2D eigenvalue weighted by Crippen LogP contribution is 2.37. The van der Waals surface area contributed by atoms with Crippen LogP contribution in [0.4, 0.5) is 18.9 Å². The molecule has 4 heterocycles. The SMILES string of the molecule is CN1CC(N(C(=O)c2cc(-c3cc(F)ccc3C(=O)N3Cc4ccccc4C[C@H]3CN3CCOCC3)n(C)c2C(F)F)c2ccc(O)cc2)C=N1. The summed E-state index contributed by atoms with van der Waals surface area (Å²) in [6.45, 7) is 3.95. The molecule has 0 saturated carbocycles. The quantitative estimate of drug-likeness (QED) is 0.268. The fourth-order valence-corrected chi connectivity index (χ4v) is 7.36. The molecular weight excluding hydrogens is 661 g/mol. The van der Waals surface area contributed by atoms with Gasteiger partial charge in [0, 0.05) is 75.0 Å². The average molecular weight is 701 g/mol. The smallest absolute Gasteiger partial charge is 0.279 e. The van der Waals surface area contributed by atoms with Crippen LogP contribution < -0.4 is 4.90 Å². The van der Waals surface area contributed by atoms with E-state index >= 15 is 4.39 Å². The predicted molar refractivity (Wildman–Crippen MR) is 187 cm³/mol. The first kappa shape index (κ1) is 34.3. The lowest BCUT2D eigenvalue weighted by molar-refractivity contribution is 0.0193. The van der Waals surface area contributed by atoms with Gasteiger partial charge in [-0.2, -0.15) is 5.10 Å². The van der Waals surface area contributed by atoms with Crippen LogP contribution in [0.3, 0.4) is 0 Å². The molecule has 3 aromatic carbocycles. The number of aromatic hydroxyl groups is 1. The molecule has 13 heteroatoms. The minimum absolute atomic E-state index is 0.0219. The lowest BCUT2D eigenvalue weighted by atomic mass is 9.92. The molecular formula is C38H39F3N6O4. The van der Waals surface area contributed by atoms with Gasteiger partial charge in [0.1, 0.15) is 11.6 Å². The lowest BCUT2D eigenvalue weighted by Gasteiger charge is -2.40. The van der Waals surface area contributed by atoms with Crippen molar-refractivity contribution in [2.24, 2.45) is 12.1 Å². The van der Waals surface area contributed by atoms with Crippen LogP contribution in [0.15, 0.2) is 77.9 Å². The van der Waals surface area contributed by atoms with E-state index in [9.17, 15) is 23.5 Å². The molecule has 2 atom stereocenters. The van der Waals surface area contributed by atoms with Gasteiger partial charge in [0.15, 0.2) is 0 Å². The predicted octanol–water partition coefficient (Wildman–Crippen LogP) is 5.32. The van der Waals surface area contributed by atoms with Gasteiger partial charge in [-0.3, -0.25) is 24.4 Å². The Morgan fingerprint density at radius 1 is 0.980 bits per heavy atom. The molecule has 0 aliphatic carbocycles. The van der Waals surface area contributed by atoms with E-state index in [4.69, 9.17) is 4.74 Å². The van der Waals surface area contributed by atoms with E-state index in [2.05, 4.69) is 16.1 Å². The zero-order valence-corrected chi connectivity index (χ0v) is 28.4. The number of amides is 2. The fourth-order valence-electron chi connectivity index (χ4n) is 7.36. The molecule has 4 aromatic rings. The summed E-state index contributed by atoms with van der Waals surface area (Å²) >= 11 is 0. The van der Waals surface area contributed by atoms with Gasteiger partial charge in [0.25, 0.3) is 18.2 Å². The van der Waals surface area contributed by atoms with Crippen molar-refractivity contribution in [1.29, 1.82) is 0 Å². The van der Waals surface area contributed by atoms with Gasteiger partial charge in [-0.15, -0.1) is 0 Å². The van der Waals surface area contributed by atoms with Crippen molar-refractivity contribution in [3.8, 4) is 17.0 Å². The normalized spacial score (nSPS) is 19.1. The highest BCUT2D eigenvalue weighted by molar-refractivity contribution is 6.11. The number of phenolic OH excluding ortho intramolecular Hbond substituents is 1. The third kappa shape index (κ3) is 6.83. The summed E-state index contributed by atoms with van der Waals surface area (Å²) < 4.78 is 51.7. The summed E-state index contributed by atoms with van der Waals surface area (Å²) in [6, 6.07) is 18.1. The number of halogens is 3. The van der Waals surface area contributed by atoms with Gasteiger partial charge in [-0.25, -0.2) is 13.2 Å². The number of alkyl halides is 2. The van der Waals surface area contributed by atoms with Gasteiger partial charge >= 0.3 is 0 Å². The molecule has 0 spiro atoms. The summed E-state index contributed by atoms with van der Waals surface area (Å²) in [6.07, 6.45) is -0.890. The van der Waals surface area contributed by atoms with E-state index in [1.807, 2.05) is 18.2 Å². The number of carbonyl (C=O) groups excluding carboxylic acids is 2. The molecule has 0 radical (unpaired) electrons. The average Bonchev–Trinajstić information content (AvgIpc) is 3.71. The van der Waals surface area contributed by atoms with Crippen molar-refractivity contribution in [3.63, 3.8) is 0 Å². The van der Waals surface area contributed by atoms with Crippen LogP contribution in [0, 0.1) is 5.82 Å². The summed E-state index contributed by atoms with van der Waals surface area (Å²) in [5.41, 5.74) is 2.02. The third-order valence-corrected chi connectivity index (χ3v) is 9.96. The Labute approximate surface area is 293 Å². The van der Waals surface area contributed by atoms with Crippen LogP contribution in [0.25, 0.3) is 11.3 Å². The highest BCUT2D eigenvalue weighted by Gasteiger charge is 2.37. The van der Waals surface area contributed by atoms with E-state index in [1.165, 1.54) is 59.0 Å². The Morgan fingerprint density at radius 3 is 2.39 bits per heavy atom. The standard InChI is InChI=1S/C38H39F3N6O4/c1-43-22-29(20-42-43)47(27-8-10-30(48)11-9-27)38(50)33-19-34(44(2)35(33)36(40)41)32-18-26(39)7-12-31(32)37(49)46-21-25-6-4-3-5-24(25)17-28(46)23-45-13-15-51-16-14-45/h3-12,18-20,28-29,36,48H,13-17,21-23H2,1-2H3/t28-,29?/m0/s1. The number of phenols is 1. The van der Waals surface area contributed by atoms with Gasteiger partial charge in [-0.05, 0) is 66.1 Å². The minimum Gasteiger partial charge on any atom is -0.508 e. The maximum atomic E-state index is 15.1. The summed E-state index contributed by atoms with van der Waals surface area (Å²) in [7, 11) is 3.12. The molecule has 1 aromatic heterocycles. The van der Waals surface area contributed by atoms with Crippen molar-refractivity contribution in [3.05, 3.63) is 107 Å². The maximum Gasteiger partial charge on any atom is 0.279 e. The Kier molecular flexibility index (Phi) is 9.58. The number of anilines is 1. The molecule has 10 nitrogen and oxygen atoms in total. The number of morpholine rings is 1. The van der Waals surface area contributed by atoms with Crippen LogP contribution in [-0.2, 0) is 24.8 Å². The van der Waals surface area contributed by atoms with Crippen LogP contribution in [0.2, 0.25) is 0 Å². The lowest BCUT2D eigenvalue weighted by Crippen LogP contribution is -2.52. The molecule has 1 unspecified atom stereocenters. The van der Waals surface area contributed by atoms with Gasteiger partial charge in [-0.1, -0.05) is 24.3 Å². The molecule has 3 aliphatic rings. The number of rotatable bonds is 8. The number of hydrogen-bond donors (Lipinski definition) is 1. The Morgan fingerprint density at radius 2 is 1.71 bits per heavy atom. The molecule has 1 N–H and O–H groups in total. The molecule has 3 aliphatic heterocycles. The van der Waals surface area contributed by atoms with Crippen LogP contribution in [-0.4, -0.2) is 101 Å². The molecule has 1 saturated heterocycles. The second-order valence-electron chi connectivity index (χ2n) is 13.2. The highest BCUT2D eigenvalue weighted by atomic mass is 19.3. The van der Waals surface area contributed by atoms with Crippen molar-refractivity contribution in [2.75, 3.05) is 51.3 Å². The second kappa shape index (κ2) is 14.2. The summed E-state index contributed by atoms with van der Waals surface area (Å²) in [5.74, 6) is -1.77. The van der Waals surface area contributed by atoms with E-state index in [-0.39, 0.29) is 40.1 Å². The number of hydrazone groups is 1. The van der Waals surface area contributed by atoms with Gasteiger partial charge in [0.2, 0.25) is 0 Å². The van der Waals surface area contributed by atoms with Gasteiger partial charge < -0.3 is 19.3 Å². The number of ether oxygens (including phenoxy) is 1. The van der Waals surface area contributed by atoms with Gasteiger partial charge in [0.05, 0.1) is 37.1 Å². The number of fused-ring (bicyclic) bond motifs is 1. The Hall–Kier alpha value is -5.14. The molecule has 1 fully saturated rings. The van der Waals surface area contributed by atoms with Crippen LogP contribution in [0.1, 0.15) is 44.0 Å². The first-order valence-corrected chi connectivity index (χ1v) is 16.9. The zero-order chi connectivity index (χ0) is 35.8. The summed E-state index contributed by atoms with van der Waals surface area (Å²) in [5, 5.41) is 15.8. The van der Waals surface area contributed by atoms with Crippen LogP contribution in [0.5, 0.6) is 5.75 Å². The van der Waals surface area contributed by atoms with E-state index in [1.54, 1.807) is 23.2 Å². The van der Waals surface area contributed by atoms with E-state index < -0.39 is 29.9 Å². The summed E-state index contributed by atoms with van der Waals surface area (Å²) in [4.78, 5) is 34.5. The van der Waals surface area contributed by atoms with Crippen molar-refractivity contribution < 1.29 is 32.6 Å². The molecule has 266 valence electrons. The number of benzene rings is 3. The Balaban J connectivity index is 1.29. The topological polar surface area (TPSA) is 93.9 Å². The first-order chi connectivity index (χ1) is 24.6. The van der Waals surface area contributed by atoms with Crippen molar-refractivity contribution in [1.82, 2.24) is 19.4 Å². The van der Waals surface area contributed by atoms with E-state index in [0.717, 1.165) is 30.3 Å². The number of carbonyl (C=O) groups is 2. The molecule has 51 heavy (non-hydrogen) atoms. The van der Waals surface area contributed by atoms with E-state index in [0.29, 0.717) is 45.0 Å². The maximum absolute atomic E-state index is 15.1.